The maximum absolute atomic E-state index is 12.0. The van der Waals surface area contributed by atoms with Gasteiger partial charge < -0.3 is 5.32 Å². The van der Waals surface area contributed by atoms with Gasteiger partial charge in [-0.05, 0) is 28.7 Å². The van der Waals surface area contributed by atoms with E-state index in [1.165, 1.54) is 18.2 Å². The number of benzene rings is 1. The third-order valence-corrected chi connectivity index (χ3v) is 2.53. The lowest BCUT2D eigenvalue weighted by Gasteiger charge is -2.09. The lowest BCUT2D eigenvalue weighted by atomic mass is 10.3. The number of carbonyl (C=O) groups is 1. The molecule has 1 aromatic carbocycles. The number of nitrogens with one attached hydrogen (secondary N) is 1. The van der Waals surface area contributed by atoms with E-state index in [4.69, 9.17) is 6.57 Å². The Morgan fingerprint density at radius 3 is 2.56 bits per heavy atom. The molecule has 84 valence electrons. The second-order valence-corrected chi connectivity index (χ2v) is 3.89. The second-order valence-electron chi connectivity index (χ2n) is 2.73. The standard InChI is InChI=1S/C9H4F3IN2O/c1-14-5-2-3-6(13)7(4-5)15-8(16)9(10,11)12/h2-4H,(H,15,16). The average Bonchev–Trinajstić information content (AvgIpc) is 2.19. The van der Waals surface area contributed by atoms with Crippen LogP contribution in [0.3, 0.4) is 0 Å². The van der Waals surface area contributed by atoms with Crippen LogP contribution in [0.5, 0.6) is 0 Å². The number of nitrogens with zero attached hydrogens (tertiary/aromatic N) is 1. The highest BCUT2D eigenvalue weighted by Crippen LogP contribution is 2.26. The molecule has 1 rings (SSSR count). The SMILES string of the molecule is [C-]#[N+]c1ccc(I)c(NC(=O)C(F)(F)F)c1. The zero-order valence-corrected chi connectivity index (χ0v) is 9.76. The summed E-state index contributed by atoms with van der Waals surface area (Å²) in [6.07, 6.45) is -4.93. The van der Waals surface area contributed by atoms with Gasteiger partial charge in [0.2, 0.25) is 0 Å². The van der Waals surface area contributed by atoms with Crippen molar-refractivity contribution >= 4 is 39.9 Å². The first-order chi connectivity index (χ1) is 7.34. The van der Waals surface area contributed by atoms with E-state index in [-0.39, 0.29) is 11.4 Å². The van der Waals surface area contributed by atoms with E-state index in [0.717, 1.165) is 0 Å². The van der Waals surface area contributed by atoms with E-state index in [9.17, 15) is 18.0 Å². The second kappa shape index (κ2) is 4.69. The topological polar surface area (TPSA) is 33.5 Å². The van der Waals surface area contributed by atoms with Crippen molar-refractivity contribution in [3.05, 3.63) is 33.2 Å². The third kappa shape index (κ3) is 3.10. The van der Waals surface area contributed by atoms with E-state index >= 15 is 0 Å². The molecule has 1 N–H and O–H groups in total. The summed E-state index contributed by atoms with van der Waals surface area (Å²) in [5.74, 6) is -2.05. The fraction of sp³-hybridized carbons (Fsp3) is 0.111. The smallest absolute Gasteiger partial charge is 0.318 e. The van der Waals surface area contributed by atoms with Crippen LogP contribution in [0.15, 0.2) is 18.2 Å². The number of anilines is 1. The molecular formula is C9H4F3IN2O. The predicted octanol–water partition coefficient (Wildman–Crippen LogP) is 3.34. The van der Waals surface area contributed by atoms with Crippen molar-refractivity contribution in [1.82, 2.24) is 0 Å². The van der Waals surface area contributed by atoms with Gasteiger partial charge in [0.25, 0.3) is 0 Å². The van der Waals surface area contributed by atoms with E-state index in [1.807, 2.05) is 0 Å². The van der Waals surface area contributed by atoms with Crippen LogP contribution in [-0.4, -0.2) is 12.1 Å². The molecule has 0 spiro atoms. The van der Waals surface area contributed by atoms with Crippen molar-refractivity contribution in [3.63, 3.8) is 0 Å². The highest BCUT2D eigenvalue weighted by atomic mass is 127. The fourth-order valence-electron chi connectivity index (χ4n) is 0.872. The molecule has 0 aromatic heterocycles. The van der Waals surface area contributed by atoms with Gasteiger partial charge in [0.05, 0.1) is 6.57 Å². The molecule has 0 fully saturated rings. The molecule has 7 heteroatoms. The summed E-state index contributed by atoms with van der Waals surface area (Å²) in [6.45, 7) is 6.70. The van der Waals surface area contributed by atoms with Crippen LogP contribution in [0.4, 0.5) is 24.5 Å². The van der Waals surface area contributed by atoms with Gasteiger partial charge >= 0.3 is 12.1 Å². The summed E-state index contributed by atoms with van der Waals surface area (Å²) in [5.41, 5.74) is 0.148. The van der Waals surface area contributed by atoms with Gasteiger partial charge in [-0.3, -0.25) is 4.79 Å². The number of hydrogen-bond donors (Lipinski definition) is 1. The highest BCUT2D eigenvalue weighted by molar-refractivity contribution is 14.1. The largest absolute Gasteiger partial charge is 0.471 e. The summed E-state index contributed by atoms with van der Waals surface area (Å²) in [6, 6.07) is 4.11. The Bertz CT molecular complexity index is 465. The van der Waals surface area contributed by atoms with Crippen LogP contribution in [0, 0.1) is 10.1 Å². The molecule has 0 aliphatic carbocycles. The Morgan fingerprint density at radius 1 is 1.44 bits per heavy atom. The Labute approximate surface area is 103 Å². The Morgan fingerprint density at radius 2 is 2.06 bits per heavy atom. The summed E-state index contributed by atoms with van der Waals surface area (Å²) >= 11 is 1.77. The summed E-state index contributed by atoms with van der Waals surface area (Å²) < 4.78 is 36.4. The molecule has 0 bridgehead atoms. The first-order valence-electron chi connectivity index (χ1n) is 3.90. The van der Waals surface area contributed by atoms with Gasteiger partial charge in [-0.1, -0.05) is 12.1 Å². The minimum atomic E-state index is -4.93. The Kier molecular flexibility index (Phi) is 3.74. The number of rotatable bonds is 1. The summed E-state index contributed by atoms with van der Waals surface area (Å²) in [7, 11) is 0. The van der Waals surface area contributed by atoms with Crippen LogP contribution in [0.25, 0.3) is 4.85 Å². The van der Waals surface area contributed by atoms with Crippen LogP contribution in [0.2, 0.25) is 0 Å². The number of alkyl halides is 3. The van der Waals surface area contributed by atoms with Gasteiger partial charge in [-0.15, -0.1) is 0 Å². The molecule has 0 unspecified atom stereocenters. The van der Waals surface area contributed by atoms with Crippen LogP contribution in [0.1, 0.15) is 0 Å². The van der Waals surface area contributed by atoms with Crippen molar-refractivity contribution in [1.29, 1.82) is 0 Å². The normalized spacial score (nSPS) is 10.7. The highest BCUT2D eigenvalue weighted by Gasteiger charge is 2.38. The van der Waals surface area contributed by atoms with Crippen LogP contribution < -0.4 is 5.32 Å². The number of hydrogen-bond acceptors (Lipinski definition) is 1. The van der Waals surface area contributed by atoms with E-state index in [0.29, 0.717) is 3.57 Å². The minimum Gasteiger partial charge on any atom is -0.318 e. The molecule has 0 saturated heterocycles. The number of amides is 1. The molecule has 3 nitrogen and oxygen atoms in total. The van der Waals surface area contributed by atoms with Gasteiger partial charge in [-0.25, -0.2) is 4.85 Å². The molecule has 0 radical (unpaired) electrons. The van der Waals surface area contributed by atoms with Gasteiger partial charge in [0.15, 0.2) is 5.69 Å². The van der Waals surface area contributed by atoms with Crippen molar-refractivity contribution in [2.45, 2.75) is 6.18 Å². The van der Waals surface area contributed by atoms with Crippen molar-refractivity contribution in [2.24, 2.45) is 0 Å². The first kappa shape index (κ1) is 12.8. The van der Waals surface area contributed by atoms with Gasteiger partial charge in [-0.2, -0.15) is 13.2 Å². The molecule has 1 aromatic rings. The Hall–Kier alpha value is -1.30. The van der Waals surface area contributed by atoms with E-state index in [1.54, 1.807) is 27.9 Å². The van der Waals surface area contributed by atoms with Crippen molar-refractivity contribution in [2.75, 3.05) is 5.32 Å². The molecule has 0 saturated carbocycles. The summed E-state index contributed by atoms with van der Waals surface area (Å²) in [5, 5.41) is 1.71. The molecule has 0 aliphatic rings. The molecular weight excluding hydrogens is 336 g/mol. The summed E-state index contributed by atoms with van der Waals surface area (Å²) in [4.78, 5) is 13.7. The van der Waals surface area contributed by atoms with Crippen LogP contribution >= 0.6 is 22.6 Å². The maximum Gasteiger partial charge on any atom is 0.471 e. The van der Waals surface area contributed by atoms with Gasteiger partial charge in [0, 0.05) is 9.26 Å². The number of carbonyl (C=O) groups excluding carboxylic acids is 1. The first-order valence-corrected chi connectivity index (χ1v) is 4.97. The Balaban J connectivity index is 2.98. The predicted molar refractivity (Wildman–Crippen MR) is 60.1 cm³/mol. The third-order valence-electron chi connectivity index (χ3n) is 1.58. The zero-order valence-electron chi connectivity index (χ0n) is 7.60. The molecule has 0 aliphatic heterocycles. The number of halogens is 4. The minimum absolute atomic E-state index is 0.0172. The lowest BCUT2D eigenvalue weighted by molar-refractivity contribution is -0.167. The maximum atomic E-state index is 12.0. The zero-order chi connectivity index (χ0) is 12.3. The molecule has 1 amide bonds. The van der Waals surface area contributed by atoms with E-state index < -0.39 is 12.1 Å². The van der Waals surface area contributed by atoms with E-state index in [2.05, 4.69) is 4.85 Å². The van der Waals surface area contributed by atoms with Crippen molar-refractivity contribution < 1.29 is 18.0 Å². The fourth-order valence-corrected chi connectivity index (χ4v) is 1.34. The average molecular weight is 340 g/mol. The van der Waals surface area contributed by atoms with Gasteiger partial charge in [0.1, 0.15) is 0 Å². The molecule has 16 heavy (non-hydrogen) atoms. The van der Waals surface area contributed by atoms with Crippen LogP contribution in [-0.2, 0) is 4.79 Å². The molecule has 0 atom stereocenters. The quantitative estimate of drug-likeness (QED) is 0.617. The van der Waals surface area contributed by atoms with Crippen molar-refractivity contribution in [3.8, 4) is 0 Å². The molecule has 0 heterocycles. The lowest BCUT2D eigenvalue weighted by Crippen LogP contribution is -2.30. The monoisotopic (exact) mass is 340 g/mol.